The molecule has 1 fully saturated rings. The number of ether oxygens (including phenoxy) is 2. The van der Waals surface area contributed by atoms with E-state index < -0.39 is 17.7 Å². The van der Waals surface area contributed by atoms with Gasteiger partial charge in [-0.3, -0.25) is 0 Å². The molecule has 0 bridgehead atoms. The standard InChI is InChI=1S/C28H32N2O4/c1-21-17-19-29-27(30-21)34-25(26(31)32)28(23-13-7-3-8-14-23,24-15-9-4-10-16-24)33-20-18-22-11-5-2-6-12-22/h3-4,7-10,13-17,19,22,25H,2,5-6,11-12,18,20H2,1H3,(H,31,32). The van der Waals surface area contributed by atoms with Gasteiger partial charge in [0.05, 0.1) is 0 Å². The Kier molecular flexibility index (Phi) is 7.91. The lowest BCUT2D eigenvalue weighted by molar-refractivity contribution is -0.164. The van der Waals surface area contributed by atoms with Crippen molar-refractivity contribution in [1.82, 2.24) is 9.97 Å². The monoisotopic (exact) mass is 460 g/mol. The largest absolute Gasteiger partial charge is 0.478 e. The maximum Gasteiger partial charge on any atom is 0.348 e. The van der Waals surface area contributed by atoms with E-state index in [-0.39, 0.29) is 6.01 Å². The molecule has 1 aliphatic rings. The summed E-state index contributed by atoms with van der Waals surface area (Å²) in [7, 11) is 0. The molecule has 1 unspecified atom stereocenters. The van der Waals surface area contributed by atoms with E-state index in [9.17, 15) is 9.90 Å². The molecule has 1 aromatic heterocycles. The SMILES string of the molecule is Cc1ccnc(OC(C(=O)O)C(OCCC2CCCCC2)(c2ccccc2)c2ccccc2)n1. The van der Waals surface area contributed by atoms with Gasteiger partial charge in [-0.2, -0.15) is 0 Å². The number of benzene rings is 2. The molecule has 0 spiro atoms. The predicted octanol–water partition coefficient (Wildman–Crippen LogP) is 5.55. The van der Waals surface area contributed by atoms with Crippen LogP contribution < -0.4 is 4.74 Å². The number of rotatable bonds is 10. The molecule has 1 saturated carbocycles. The van der Waals surface area contributed by atoms with E-state index in [0.29, 0.717) is 29.3 Å². The van der Waals surface area contributed by atoms with Gasteiger partial charge in [-0.1, -0.05) is 92.8 Å². The maximum absolute atomic E-state index is 12.8. The molecule has 34 heavy (non-hydrogen) atoms. The zero-order valence-corrected chi connectivity index (χ0v) is 19.6. The van der Waals surface area contributed by atoms with Crippen LogP contribution in [0.1, 0.15) is 55.3 Å². The summed E-state index contributed by atoms with van der Waals surface area (Å²) in [6.07, 6.45) is 7.23. The van der Waals surface area contributed by atoms with E-state index in [2.05, 4.69) is 9.97 Å². The zero-order valence-electron chi connectivity index (χ0n) is 19.6. The van der Waals surface area contributed by atoms with Gasteiger partial charge in [0.2, 0.25) is 6.10 Å². The molecular weight excluding hydrogens is 428 g/mol. The first-order chi connectivity index (χ1) is 16.6. The maximum atomic E-state index is 12.8. The summed E-state index contributed by atoms with van der Waals surface area (Å²) in [6, 6.07) is 20.7. The molecule has 6 nitrogen and oxygen atoms in total. The van der Waals surface area contributed by atoms with Gasteiger partial charge < -0.3 is 14.6 Å². The molecule has 0 saturated heterocycles. The predicted molar refractivity (Wildman–Crippen MR) is 130 cm³/mol. The lowest BCUT2D eigenvalue weighted by Crippen LogP contribution is -2.51. The van der Waals surface area contributed by atoms with Crippen molar-refractivity contribution in [2.24, 2.45) is 5.92 Å². The van der Waals surface area contributed by atoms with Crippen molar-refractivity contribution in [1.29, 1.82) is 0 Å². The molecule has 0 radical (unpaired) electrons. The van der Waals surface area contributed by atoms with Crippen molar-refractivity contribution in [3.05, 3.63) is 89.7 Å². The van der Waals surface area contributed by atoms with E-state index in [1.54, 1.807) is 12.3 Å². The lowest BCUT2D eigenvalue weighted by atomic mass is 9.80. The van der Waals surface area contributed by atoms with E-state index in [1.807, 2.05) is 67.6 Å². The summed E-state index contributed by atoms with van der Waals surface area (Å²) < 4.78 is 12.7. The van der Waals surface area contributed by atoms with Crippen molar-refractivity contribution in [2.75, 3.05) is 6.61 Å². The van der Waals surface area contributed by atoms with Gasteiger partial charge >= 0.3 is 12.0 Å². The average Bonchev–Trinajstić information content (AvgIpc) is 2.87. The normalized spacial score (nSPS) is 15.6. The van der Waals surface area contributed by atoms with Gasteiger partial charge in [0.1, 0.15) is 0 Å². The van der Waals surface area contributed by atoms with Gasteiger partial charge in [-0.15, -0.1) is 0 Å². The highest BCUT2D eigenvalue weighted by Crippen LogP contribution is 2.40. The van der Waals surface area contributed by atoms with Crippen LogP contribution in [0.5, 0.6) is 6.01 Å². The fraction of sp³-hybridized carbons (Fsp3) is 0.393. The van der Waals surface area contributed by atoms with Crippen molar-refractivity contribution < 1.29 is 19.4 Å². The summed E-state index contributed by atoms with van der Waals surface area (Å²) in [4.78, 5) is 21.2. The first-order valence-electron chi connectivity index (χ1n) is 12.0. The van der Waals surface area contributed by atoms with E-state index in [1.165, 1.54) is 32.1 Å². The minimum atomic E-state index is -1.40. The molecule has 1 heterocycles. The van der Waals surface area contributed by atoms with E-state index >= 15 is 0 Å². The van der Waals surface area contributed by atoms with Crippen molar-refractivity contribution >= 4 is 5.97 Å². The summed E-state index contributed by atoms with van der Waals surface area (Å²) in [6.45, 7) is 2.24. The quantitative estimate of drug-likeness (QED) is 0.427. The highest BCUT2D eigenvalue weighted by atomic mass is 16.6. The summed E-state index contributed by atoms with van der Waals surface area (Å²) in [5.41, 5.74) is 0.739. The third-order valence-corrected chi connectivity index (χ3v) is 6.58. The molecule has 2 aromatic carbocycles. The van der Waals surface area contributed by atoms with Gasteiger partial charge in [0, 0.05) is 18.5 Å². The Morgan fingerprint density at radius 2 is 1.62 bits per heavy atom. The minimum Gasteiger partial charge on any atom is -0.478 e. The van der Waals surface area contributed by atoms with Crippen molar-refractivity contribution in [3.63, 3.8) is 0 Å². The molecule has 1 N–H and O–H groups in total. The first kappa shape index (κ1) is 23.9. The second-order valence-electron chi connectivity index (χ2n) is 8.93. The number of carboxylic acids is 1. The second kappa shape index (κ2) is 11.3. The Balaban J connectivity index is 1.77. The average molecular weight is 461 g/mol. The molecule has 1 aliphatic carbocycles. The number of aliphatic carboxylic acids is 1. The molecule has 4 rings (SSSR count). The first-order valence-corrected chi connectivity index (χ1v) is 12.0. The molecule has 6 heteroatoms. The molecule has 1 atom stereocenters. The Labute approximate surface area is 201 Å². The third kappa shape index (κ3) is 5.45. The summed E-state index contributed by atoms with van der Waals surface area (Å²) in [5, 5.41) is 10.4. The van der Waals surface area contributed by atoms with Gasteiger partial charge in [0.15, 0.2) is 5.60 Å². The molecule has 3 aromatic rings. The molecular formula is C28H32N2O4. The Bertz CT molecular complexity index is 1010. The van der Waals surface area contributed by atoms with E-state index in [4.69, 9.17) is 9.47 Å². The Morgan fingerprint density at radius 3 is 2.18 bits per heavy atom. The number of carboxylic acid groups (broad SMARTS) is 1. The van der Waals surface area contributed by atoms with Gasteiger partial charge in [-0.25, -0.2) is 14.8 Å². The van der Waals surface area contributed by atoms with Crippen LogP contribution in [0.15, 0.2) is 72.9 Å². The Morgan fingerprint density at radius 1 is 1.00 bits per heavy atom. The van der Waals surface area contributed by atoms with Gasteiger partial charge in [-0.05, 0) is 36.5 Å². The lowest BCUT2D eigenvalue weighted by Gasteiger charge is -2.39. The van der Waals surface area contributed by atoms with Crippen LogP contribution >= 0.6 is 0 Å². The van der Waals surface area contributed by atoms with Crippen LogP contribution in [0.25, 0.3) is 0 Å². The number of aryl methyl sites for hydroxylation is 1. The van der Waals surface area contributed by atoms with Crippen LogP contribution in [0.2, 0.25) is 0 Å². The minimum absolute atomic E-state index is 0.0134. The Hall–Kier alpha value is -3.25. The molecule has 0 aliphatic heterocycles. The van der Waals surface area contributed by atoms with Crippen molar-refractivity contribution in [3.8, 4) is 6.01 Å². The zero-order chi connectivity index (χ0) is 23.8. The number of hydrogen-bond acceptors (Lipinski definition) is 5. The number of carbonyl (C=O) groups is 1. The summed E-state index contributed by atoms with van der Waals surface area (Å²) in [5.74, 6) is -0.544. The second-order valence-corrected chi connectivity index (χ2v) is 8.93. The number of hydrogen-bond donors (Lipinski definition) is 1. The van der Waals surface area contributed by atoms with Crippen LogP contribution in [-0.2, 0) is 15.1 Å². The van der Waals surface area contributed by atoms with Crippen LogP contribution in [0.3, 0.4) is 0 Å². The number of nitrogens with zero attached hydrogens (tertiary/aromatic N) is 2. The summed E-state index contributed by atoms with van der Waals surface area (Å²) >= 11 is 0. The van der Waals surface area contributed by atoms with Crippen LogP contribution in [0.4, 0.5) is 0 Å². The topological polar surface area (TPSA) is 81.5 Å². The van der Waals surface area contributed by atoms with Crippen LogP contribution in [-0.4, -0.2) is 33.8 Å². The third-order valence-electron chi connectivity index (χ3n) is 6.58. The fourth-order valence-electron chi connectivity index (χ4n) is 4.84. The molecule has 178 valence electrons. The number of aromatic nitrogens is 2. The fourth-order valence-corrected chi connectivity index (χ4v) is 4.84. The van der Waals surface area contributed by atoms with Crippen molar-refractivity contribution in [2.45, 2.75) is 57.2 Å². The van der Waals surface area contributed by atoms with E-state index in [0.717, 1.165) is 6.42 Å². The highest BCUT2D eigenvalue weighted by molar-refractivity contribution is 5.76. The highest BCUT2D eigenvalue weighted by Gasteiger charge is 2.50. The smallest absolute Gasteiger partial charge is 0.348 e. The van der Waals surface area contributed by atoms with Gasteiger partial charge in [0.25, 0.3) is 0 Å². The van der Waals surface area contributed by atoms with Crippen LogP contribution in [0, 0.1) is 12.8 Å². The molecule has 0 amide bonds.